The van der Waals surface area contributed by atoms with Crippen molar-refractivity contribution in [1.82, 2.24) is 24.0 Å². The van der Waals surface area contributed by atoms with Crippen LogP contribution in [-0.4, -0.2) is 49.7 Å². The molecule has 1 saturated heterocycles. The van der Waals surface area contributed by atoms with Crippen LogP contribution in [0.25, 0.3) is 11.2 Å². The molecule has 0 aliphatic carbocycles. The molecule has 1 aromatic carbocycles. The fraction of sp³-hybridized carbons (Fsp3) is 0.455. The number of halogens is 1. The minimum atomic E-state index is -0.412. The number of carbonyl (C=O) groups excluding carboxylic acids is 1. The van der Waals surface area contributed by atoms with Gasteiger partial charge < -0.3 is 9.88 Å². The Hall–Kier alpha value is -3.07. The summed E-state index contributed by atoms with van der Waals surface area (Å²) in [5, 5.41) is 0.0926. The predicted molar refractivity (Wildman–Crippen MR) is 125 cm³/mol. The molecule has 3 aromatic rings. The van der Waals surface area contributed by atoms with Crippen molar-refractivity contribution in [2.24, 2.45) is 0 Å². The molecule has 2 aromatic heterocycles. The smallest absolute Gasteiger partial charge is 0.323 e. The predicted octanol–water partition coefficient (Wildman–Crippen LogP) is 3.06. The summed E-state index contributed by atoms with van der Waals surface area (Å²) in [6.07, 6.45) is 3.00. The van der Waals surface area contributed by atoms with Crippen molar-refractivity contribution < 1.29 is 4.79 Å². The summed E-state index contributed by atoms with van der Waals surface area (Å²) in [5.74, 6) is 0. The van der Waals surface area contributed by atoms with Gasteiger partial charge in [-0.1, -0.05) is 31.5 Å². The highest BCUT2D eigenvalue weighted by Gasteiger charge is 2.28. The Kier molecular flexibility index (Phi) is 6.64. The van der Waals surface area contributed by atoms with Crippen LogP contribution in [0.3, 0.4) is 0 Å². The minimum Gasteiger partial charge on any atom is -0.323 e. The van der Waals surface area contributed by atoms with E-state index < -0.39 is 5.56 Å². The number of benzene rings is 1. The third-order valence-corrected chi connectivity index (χ3v) is 5.97. The maximum absolute atomic E-state index is 13.0. The number of nitrogens with zero attached hydrogens (tertiary/aromatic N) is 5. The number of hydrogen-bond donors (Lipinski definition) is 1. The highest BCUT2D eigenvalue weighted by Crippen LogP contribution is 2.20. The fourth-order valence-electron chi connectivity index (χ4n) is 4.06. The third kappa shape index (κ3) is 4.29. The number of rotatable bonds is 9. The van der Waals surface area contributed by atoms with Gasteiger partial charge in [0.2, 0.25) is 5.28 Å². The average Bonchev–Trinajstić information content (AvgIpc) is 3.36. The van der Waals surface area contributed by atoms with Gasteiger partial charge in [-0.15, -0.1) is 0 Å². The summed E-state index contributed by atoms with van der Waals surface area (Å²) in [5.41, 5.74) is 0.666. The molecule has 3 heterocycles. The number of H-pyrrole nitrogens is 1. The van der Waals surface area contributed by atoms with Crippen molar-refractivity contribution in [3.05, 3.63) is 56.5 Å². The molecule has 0 saturated carbocycles. The molecule has 0 radical (unpaired) electrons. The first-order valence-corrected chi connectivity index (χ1v) is 11.4. The number of anilines is 1. The van der Waals surface area contributed by atoms with E-state index in [-0.39, 0.29) is 29.1 Å². The van der Waals surface area contributed by atoms with Gasteiger partial charge in [0, 0.05) is 38.4 Å². The van der Waals surface area contributed by atoms with Crippen LogP contribution in [0.15, 0.2) is 39.9 Å². The SMILES string of the molecule is CCCCn1c(=O)n(CCCCN2CCN(c3ccccc3)C2=O)c(=O)c2[nH]c(Cl)nc21. The summed E-state index contributed by atoms with van der Waals surface area (Å²) < 4.78 is 2.76. The van der Waals surface area contributed by atoms with Crippen LogP contribution < -0.4 is 16.1 Å². The molecule has 0 bridgehead atoms. The van der Waals surface area contributed by atoms with Crippen LogP contribution in [0.2, 0.25) is 5.28 Å². The molecule has 1 N–H and O–H groups in total. The van der Waals surface area contributed by atoms with Crippen molar-refractivity contribution >= 4 is 34.5 Å². The molecule has 0 atom stereocenters. The normalized spacial score (nSPS) is 14.1. The number of unbranched alkanes of at least 4 members (excludes halogenated alkanes) is 2. The Labute approximate surface area is 190 Å². The monoisotopic (exact) mass is 458 g/mol. The summed E-state index contributed by atoms with van der Waals surface area (Å²) >= 11 is 5.96. The second-order valence-electron chi connectivity index (χ2n) is 7.93. The number of aryl methyl sites for hydroxylation is 1. The molecule has 2 amide bonds. The Morgan fingerprint density at radius 3 is 2.44 bits per heavy atom. The molecule has 4 rings (SSSR count). The lowest BCUT2D eigenvalue weighted by molar-refractivity contribution is 0.219. The summed E-state index contributed by atoms with van der Waals surface area (Å²) in [4.78, 5) is 49.0. The lowest BCUT2D eigenvalue weighted by Crippen LogP contribution is -2.40. The molecule has 1 aliphatic rings. The first-order chi connectivity index (χ1) is 15.5. The molecule has 1 fully saturated rings. The van der Waals surface area contributed by atoms with E-state index >= 15 is 0 Å². The van der Waals surface area contributed by atoms with Gasteiger partial charge in [0.05, 0.1) is 0 Å². The lowest BCUT2D eigenvalue weighted by atomic mass is 10.3. The Morgan fingerprint density at radius 2 is 1.69 bits per heavy atom. The van der Waals surface area contributed by atoms with Crippen molar-refractivity contribution in [2.75, 3.05) is 24.5 Å². The van der Waals surface area contributed by atoms with Crippen molar-refractivity contribution in [1.29, 1.82) is 0 Å². The molecule has 1 aliphatic heterocycles. The number of carbonyl (C=O) groups is 1. The van der Waals surface area contributed by atoms with Crippen LogP contribution >= 0.6 is 11.6 Å². The molecule has 9 nitrogen and oxygen atoms in total. The van der Waals surface area contributed by atoms with E-state index in [1.54, 1.807) is 4.90 Å². The summed E-state index contributed by atoms with van der Waals surface area (Å²) in [6.45, 7) is 4.69. The lowest BCUT2D eigenvalue weighted by Gasteiger charge is -2.18. The van der Waals surface area contributed by atoms with E-state index in [1.807, 2.05) is 42.2 Å². The first-order valence-electron chi connectivity index (χ1n) is 11.0. The number of nitrogens with one attached hydrogen (secondary N) is 1. The van der Waals surface area contributed by atoms with Gasteiger partial charge in [-0.25, -0.2) is 9.59 Å². The molecule has 0 unspecified atom stereocenters. The van der Waals surface area contributed by atoms with Crippen LogP contribution in [0.5, 0.6) is 0 Å². The molecule has 0 spiro atoms. The van der Waals surface area contributed by atoms with Gasteiger partial charge in [0.15, 0.2) is 11.2 Å². The van der Waals surface area contributed by atoms with Gasteiger partial charge >= 0.3 is 11.7 Å². The quantitative estimate of drug-likeness (QED) is 0.393. The number of fused-ring (bicyclic) bond motifs is 1. The van der Waals surface area contributed by atoms with E-state index in [0.29, 0.717) is 44.7 Å². The Balaban J connectivity index is 1.42. The minimum absolute atomic E-state index is 0.0104. The largest absolute Gasteiger partial charge is 0.332 e. The zero-order chi connectivity index (χ0) is 22.7. The van der Waals surface area contributed by atoms with E-state index in [2.05, 4.69) is 9.97 Å². The Morgan fingerprint density at radius 1 is 0.969 bits per heavy atom. The zero-order valence-corrected chi connectivity index (χ0v) is 18.8. The van der Waals surface area contributed by atoms with Gasteiger partial charge in [-0.05, 0) is 43.0 Å². The van der Waals surface area contributed by atoms with Gasteiger partial charge in [0.25, 0.3) is 5.56 Å². The number of urea groups is 1. The van der Waals surface area contributed by atoms with E-state index in [9.17, 15) is 14.4 Å². The number of amides is 2. The van der Waals surface area contributed by atoms with E-state index in [0.717, 1.165) is 18.5 Å². The maximum Gasteiger partial charge on any atom is 0.332 e. The van der Waals surface area contributed by atoms with Crippen molar-refractivity contribution in [3.8, 4) is 0 Å². The first kappa shape index (κ1) is 22.1. The molecular weight excluding hydrogens is 432 g/mol. The van der Waals surface area contributed by atoms with Crippen LogP contribution in [-0.2, 0) is 13.1 Å². The number of imidazole rings is 1. The van der Waals surface area contributed by atoms with Crippen molar-refractivity contribution in [3.63, 3.8) is 0 Å². The summed E-state index contributed by atoms with van der Waals surface area (Å²) in [7, 11) is 0. The molecule has 32 heavy (non-hydrogen) atoms. The zero-order valence-electron chi connectivity index (χ0n) is 18.1. The number of aromatic nitrogens is 4. The maximum atomic E-state index is 13.0. The second-order valence-corrected chi connectivity index (χ2v) is 8.29. The topological polar surface area (TPSA) is 96.2 Å². The van der Waals surface area contributed by atoms with Crippen LogP contribution in [0.4, 0.5) is 10.5 Å². The number of hydrogen-bond acceptors (Lipinski definition) is 4. The standard InChI is InChI=1S/C22H27ClN6O3/c1-2-3-12-28-18-17(24-20(23)25-18)19(30)29(22(28)32)13-8-7-11-26-14-15-27(21(26)31)16-9-5-4-6-10-16/h4-6,9-10H,2-3,7-8,11-15H2,1H3,(H,24,25). The summed E-state index contributed by atoms with van der Waals surface area (Å²) in [6, 6.07) is 9.60. The van der Waals surface area contributed by atoms with Crippen LogP contribution in [0, 0.1) is 0 Å². The fourth-order valence-corrected chi connectivity index (χ4v) is 4.24. The van der Waals surface area contributed by atoms with Crippen LogP contribution in [0.1, 0.15) is 32.6 Å². The van der Waals surface area contributed by atoms with E-state index in [1.165, 1.54) is 9.13 Å². The highest BCUT2D eigenvalue weighted by atomic mass is 35.5. The molecule has 10 heteroatoms. The van der Waals surface area contributed by atoms with Crippen molar-refractivity contribution in [2.45, 2.75) is 45.7 Å². The molecular formula is C22H27ClN6O3. The highest BCUT2D eigenvalue weighted by molar-refractivity contribution is 6.29. The average molecular weight is 459 g/mol. The number of aromatic amines is 1. The Bertz CT molecular complexity index is 1220. The second kappa shape index (κ2) is 9.60. The van der Waals surface area contributed by atoms with Gasteiger partial charge in [-0.2, -0.15) is 4.98 Å². The number of para-hydroxylation sites is 1. The third-order valence-electron chi connectivity index (χ3n) is 5.79. The van der Waals surface area contributed by atoms with Gasteiger partial charge in [0.1, 0.15) is 0 Å². The van der Waals surface area contributed by atoms with Gasteiger partial charge in [-0.3, -0.25) is 18.8 Å². The molecule has 170 valence electrons. The van der Waals surface area contributed by atoms with E-state index in [4.69, 9.17) is 11.6 Å².